The molecular weight excluding hydrogens is 348 g/mol. The predicted octanol–water partition coefficient (Wildman–Crippen LogP) is 3.70. The maximum atomic E-state index is 12.3. The lowest BCUT2D eigenvalue weighted by molar-refractivity contribution is -0.116. The Labute approximate surface area is 168 Å². The van der Waals surface area contributed by atoms with Gasteiger partial charge in [-0.1, -0.05) is 45.0 Å². The van der Waals surface area contributed by atoms with E-state index in [0.717, 1.165) is 44.1 Å². The highest BCUT2D eigenvalue weighted by Gasteiger charge is 2.15. The lowest BCUT2D eigenvalue weighted by atomic mass is 9.86. The summed E-state index contributed by atoms with van der Waals surface area (Å²) in [5.74, 6) is 0.999. The smallest absolute Gasteiger partial charge is 0.224 e. The number of aryl methyl sites for hydroxylation is 1. The predicted molar refractivity (Wildman–Crippen MR) is 116 cm³/mol. The molecule has 5 heteroatoms. The number of carbonyl (C=O) groups excluding carboxylic acids is 1. The maximum absolute atomic E-state index is 12.3. The number of rotatable bonds is 5. The van der Waals surface area contributed by atoms with Crippen molar-refractivity contribution in [3.8, 4) is 0 Å². The van der Waals surface area contributed by atoms with Gasteiger partial charge in [0, 0.05) is 32.6 Å². The second-order valence-electron chi connectivity index (χ2n) is 8.69. The van der Waals surface area contributed by atoms with E-state index >= 15 is 0 Å². The summed E-state index contributed by atoms with van der Waals surface area (Å²) in [5, 5.41) is 2.96. The number of hydrogen-bond donors (Lipinski definition) is 1. The van der Waals surface area contributed by atoms with Gasteiger partial charge in [-0.3, -0.25) is 4.79 Å². The van der Waals surface area contributed by atoms with Crippen LogP contribution in [-0.4, -0.2) is 49.0 Å². The molecule has 0 aliphatic carbocycles. The van der Waals surface area contributed by atoms with Crippen LogP contribution in [0.3, 0.4) is 0 Å². The number of hydrogen-bond acceptors (Lipinski definition) is 4. The second-order valence-corrected chi connectivity index (χ2v) is 8.69. The maximum Gasteiger partial charge on any atom is 0.224 e. The van der Waals surface area contributed by atoms with E-state index in [0.29, 0.717) is 6.42 Å². The van der Waals surface area contributed by atoms with Gasteiger partial charge in [-0.25, -0.2) is 4.98 Å². The topological polar surface area (TPSA) is 48.5 Å². The van der Waals surface area contributed by atoms with Crippen molar-refractivity contribution in [1.29, 1.82) is 0 Å². The van der Waals surface area contributed by atoms with Gasteiger partial charge in [0.2, 0.25) is 5.91 Å². The molecule has 1 saturated heterocycles. The molecule has 1 amide bonds. The number of likely N-dealkylation sites (N-methyl/N-ethyl adjacent to an activating group) is 1. The Morgan fingerprint density at radius 3 is 2.29 bits per heavy atom. The van der Waals surface area contributed by atoms with Crippen LogP contribution in [0.15, 0.2) is 42.6 Å². The van der Waals surface area contributed by atoms with E-state index < -0.39 is 0 Å². The van der Waals surface area contributed by atoms with Crippen molar-refractivity contribution in [3.63, 3.8) is 0 Å². The largest absolute Gasteiger partial charge is 0.354 e. The first-order chi connectivity index (χ1) is 13.3. The Bertz CT molecular complexity index is 770. The Morgan fingerprint density at radius 1 is 1.04 bits per heavy atom. The molecule has 0 spiro atoms. The summed E-state index contributed by atoms with van der Waals surface area (Å²) in [6, 6.07) is 12.5. The molecule has 1 aromatic carbocycles. The van der Waals surface area contributed by atoms with Gasteiger partial charge in [0.05, 0.1) is 11.9 Å². The molecule has 1 aromatic heterocycles. The Morgan fingerprint density at radius 2 is 1.71 bits per heavy atom. The minimum absolute atomic E-state index is 0.0223. The molecule has 3 rings (SSSR count). The zero-order valence-electron chi connectivity index (χ0n) is 17.5. The third-order valence-electron chi connectivity index (χ3n) is 5.32. The van der Waals surface area contributed by atoms with E-state index in [9.17, 15) is 4.79 Å². The molecule has 0 bridgehead atoms. The fourth-order valence-electron chi connectivity index (χ4n) is 3.34. The average molecular weight is 381 g/mol. The normalized spacial score (nSPS) is 15.5. The molecule has 2 heterocycles. The van der Waals surface area contributed by atoms with Crippen molar-refractivity contribution < 1.29 is 4.79 Å². The molecular formula is C23H32N4O. The summed E-state index contributed by atoms with van der Waals surface area (Å²) in [5.41, 5.74) is 3.41. The van der Waals surface area contributed by atoms with Crippen LogP contribution in [-0.2, 0) is 16.6 Å². The van der Waals surface area contributed by atoms with Crippen LogP contribution in [0.25, 0.3) is 0 Å². The molecule has 2 aromatic rings. The van der Waals surface area contributed by atoms with Crippen molar-refractivity contribution >= 4 is 17.4 Å². The highest BCUT2D eigenvalue weighted by atomic mass is 16.1. The van der Waals surface area contributed by atoms with Gasteiger partial charge in [0.15, 0.2) is 0 Å². The van der Waals surface area contributed by atoms with Crippen molar-refractivity contribution in [2.75, 3.05) is 43.4 Å². The summed E-state index contributed by atoms with van der Waals surface area (Å²) < 4.78 is 0. The SMILES string of the molecule is CN1CCN(c2ccc(NC(=O)CCc3ccc(C(C)(C)C)cc3)cn2)CC1. The average Bonchev–Trinajstić information content (AvgIpc) is 2.67. The number of nitrogens with one attached hydrogen (secondary N) is 1. The third kappa shape index (κ3) is 5.55. The van der Waals surface area contributed by atoms with Crippen molar-refractivity contribution in [1.82, 2.24) is 9.88 Å². The molecule has 28 heavy (non-hydrogen) atoms. The van der Waals surface area contributed by atoms with Gasteiger partial charge in [0.25, 0.3) is 0 Å². The van der Waals surface area contributed by atoms with E-state index in [1.807, 2.05) is 12.1 Å². The van der Waals surface area contributed by atoms with Crippen LogP contribution in [0.5, 0.6) is 0 Å². The van der Waals surface area contributed by atoms with Crippen LogP contribution in [0, 0.1) is 0 Å². The number of aromatic nitrogens is 1. The lowest BCUT2D eigenvalue weighted by Crippen LogP contribution is -2.44. The van der Waals surface area contributed by atoms with Crippen molar-refractivity contribution in [2.24, 2.45) is 0 Å². The Balaban J connectivity index is 1.48. The molecule has 1 fully saturated rings. The molecule has 0 unspecified atom stereocenters. The number of anilines is 2. The quantitative estimate of drug-likeness (QED) is 0.859. The van der Waals surface area contributed by atoms with Gasteiger partial charge in [-0.2, -0.15) is 0 Å². The molecule has 1 aliphatic rings. The first-order valence-electron chi connectivity index (χ1n) is 10.1. The summed E-state index contributed by atoms with van der Waals surface area (Å²) in [4.78, 5) is 21.4. The van der Waals surface area contributed by atoms with E-state index in [1.54, 1.807) is 6.20 Å². The molecule has 1 aliphatic heterocycles. The molecule has 150 valence electrons. The number of carbonyl (C=O) groups is 1. The lowest BCUT2D eigenvalue weighted by Gasteiger charge is -2.33. The summed E-state index contributed by atoms with van der Waals surface area (Å²) in [7, 11) is 2.14. The minimum atomic E-state index is 0.0223. The van der Waals surface area contributed by atoms with E-state index in [-0.39, 0.29) is 11.3 Å². The highest BCUT2D eigenvalue weighted by Crippen LogP contribution is 2.22. The van der Waals surface area contributed by atoms with Crippen molar-refractivity contribution in [3.05, 3.63) is 53.7 Å². The third-order valence-corrected chi connectivity index (χ3v) is 5.32. The summed E-state index contributed by atoms with van der Waals surface area (Å²) in [6.07, 6.45) is 2.96. The minimum Gasteiger partial charge on any atom is -0.354 e. The van der Waals surface area contributed by atoms with Crippen LogP contribution in [0.1, 0.15) is 38.3 Å². The molecule has 1 N–H and O–H groups in total. The zero-order chi connectivity index (χ0) is 20.1. The van der Waals surface area contributed by atoms with Gasteiger partial charge in [0.1, 0.15) is 5.82 Å². The van der Waals surface area contributed by atoms with Gasteiger partial charge < -0.3 is 15.1 Å². The van der Waals surface area contributed by atoms with Crippen LogP contribution in [0.4, 0.5) is 11.5 Å². The molecule has 0 atom stereocenters. The standard InChI is InChI=1S/C23H32N4O/c1-23(2,3)19-8-5-18(6-9-19)7-12-22(28)25-20-10-11-21(24-17-20)27-15-13-26(4)14-16-27/h5-6,8-11,17H,7,12-16H2,1-4H3,(H,25,28). The molecule has 5 nitrogen and oxygen atoms in total. The monoisotopic (exact) mass is 380 g/mol. The number of piperazine rings is 1. The fourth-order valence-corrected chi connectivity index (χ4v) is 3.34. The summed E-state index contributed by atoms with van der Waals surface area (Å²) in [6.45, 7) is 10.7. The number of amides is 1. The van der Waals surface area contributed by atoms with E-state index in [4.69, 9.17) is 0 Å². The van der Waals surface area contributed by atoms with Crippen LogP contribution in [0.2, 0.25) is 0 Å². The highest BCUT2D eigenvalue weighted by molar-refractivity contribution is 5.90. The fraction of sp³-hybridized carbons (Fsp3) is 0.478. The van der Waals surface area contributed by atoms with Crippen LogP contribution < -0.4 is 10.2 Å². The Kier molecular flexibility index (Phi) is 6.35. The molecule has 0 saturated carbocycles. The van der Waals surface area contributed by atoms with Gasteiger partial charge >= 0.3 is 0 Å². The molecule has 0 radical (unpaired) electrons. The van der Waals surface area contributed by atoms with Crippen molar-refractivity contribution in [2.45, 2.75) is 39.0 Å². The number of nitrogens with zero attached hydrogens (tertiary/aromatic N) is 3. The van der Waals surface area contributed by atoms with Gasteiger partial charge in [-0.15, -0.1) is 0 Å². The van der Waals surface area contributed by atoms with Gasteiger partial charge in [-0.05, 0) is 42.1 Å². The first-order valence-corrected chi connectivity index (χ1v) is 10.1. The first kappa shape index (κ1) is 20.3. The zero-order valence-corrected chi connectivity index (χ0v) is 17.5. The van der Waals surface area contributed by atoms with Crippen LogP contribution >= 0.6 is 0 Å². The van der Waals surface area contributed by atoms with E-state index in [2.05, 4.69) is 72.2 Å². The summed E-state index contributed by atoms with van der Waals surface area (Å²) >= 11 is 0. The second kappa shape index (κ2) is 8.74. The van der Waals surface area contributed by atoms with E-state index in [1.165, 1.54) is 11.1 Å². The number of benzene rings is 1. The Hall–Kier alpha value is -2.40. The number of pyridine rings is 1.